The van der Waals surface area contributed by atoms with Gasteiger partial charge in [-0.05, 0) is 49.7 Å². The number of nitrogens with zero attached hydrogens (tertiary/aromatic N) is 2. The zero-order chi connectivity index (χ0) is 15.1. The third kappa shape index (κ3) is 3.49. The van der Waals surface area contributed by atoms with Crippen molar-refractivity contribution in [1.29, 1.82) is 0 Å². The van der Waals surface area contributed by atoms with Gasteiger partial charge in [-0.25, -0.2) is 4.98 Å². The van der Waals surface area contributed by atoms with Crippen molar-refractivity contribution in [2.75, 3.05) is 0 Å². The van der Waals surface area contributed by atoms with E-state index < -0.39 is 11.4 Å². The molecule has 1 N–H and O–H groups in total. The summed E-state index contributed by atoms with van der Waals surface area (Å²) < 4.78 is 17.6. The van der Waals surface area contributed by atoms with Gasteiger partial charge in [0.1, 0.15) is 4.75 Å². The van der Waals surface area contributed by atoms with Gasteiger partial charge >= 0.3 is 0 Å². The van der Waals surface area contributed by atoms with Gasteiger partial charge in [-0.2, -0.15) is 0 Å². The molecule has 0 amide bonds. The Balaban J connectivity index is 2.27. The number of nitrogens with one attached hydrogen (secondary N) is 1. The zero-order valence-corrected chi connectivity index (χ0v) is 14.9. The third-order valence-corrected chi connectivity index (χ3v) is 5.25. The van der Waals surface area contributed by atoms with Crippen LogP contribution in [0.25, 0.3) is 5.65 Å². The van der Waals surface area contributed by atoms with Crippen molar-refractivity contribution in [2.45, 2.75) is 38.5 Å². The van der Waals surface area contributed by atoms with Gasteiger partial charge in [0.2, 0.25) is 0 Å². The van der Waals surface area contributed by atoms with Crippen molar-refractivity contribution in [3.8, 4) is 0 Å². The Hall–Kier alpha value is -0.270. The molecule has 0 aliphatic rings. The SMILES string of the molecule is CC(N[S+]([O-])C(C)(C)C)c1cn2cc(Cl)cc(Br)c2n1. The van der Waals surface area contributed by atoms with Crippen LogP contribution in [-0.2, 0) is 11.4 Å². The highest BCUT2D eigenvalue weighted by molar-refractivity contribution is 9.10. The Morgan fingerprint density at radius 1 is 1.45 bits per heavy atom. The lowest BCUT2D eigenvalue weighted by Gasteiger charge is -2.25. The van der Waals surface area contributed by atoms with Crippen LogP contribution in [0.15, 0.2) is 22.9 Å². The molecule has 0 bridgehead atoms. The lowest BCUT2D eigenvalue weighted by Crippen LogP contribution is -2.40. The van der Waals surface area contributed by atoms with E-state index in [9.17, 15) is 4.55 Å². The molecule has 2 atom stereocenters. The number of rotatable bonds is 3. The maximum atomic E-state index is 12.1. The molecule has 0 fully saturated rings. The predicted molar refractivity (Wildman–Crippen MR) is 87.3 cm³/mol. The summed E-state index contributed by atoms with van der Waals surface area (Å²) in [7, 11) is 0. The van der Waals surface area contributed by atoms with Crippen molar-refractivity contribution < 1.29 is 4.55 Å². The molecule has 0 radical (unpaired) electrons. The molecule has 2 aromatic rings. The smallest absolute Gasteiger partial charge is 0.151 e. The number of fused-ring (bicyclic) bond motifs is 1. The van der Waals surface area contributed by atoms with Gasteiger partial charge in [0.15, 0.2) is 5.65 Å². The summed E-state index contributed by atoms with van der Waals surface area (Å²) in [6, 6.07) is 1.69. The van der Waals surface area contributed by atoms with Crippen LogP contribution in [-0.4, -0.2) is 18.7 Å². The Morgan fingerprint density at radius 3 is 2.70 bits per heavy atom. The highest BCUT2D eigenvalue weighted by atomic mass is 79.9. The molecule has 2 unspecified atom stereocenters. The maximum Gasteiger partial charge on any atom is 0.151 e. The first kappa shape index (κ1) is 16.1. The van der Waals surface area contributed by atoms with E-state index in [1.54, 1.807) is 12.3 Å². The van der Waals surface area contributed by atoms with Gasteiger partial charge in [0.25, 0.3) is 0 Å². The summed E-state index contributed by atoms with van der Waals surface area (Å²) in [5.41, 5.74) is 1.62. The molecule has 0 aliphatic heterocycles. The normalized spacial score (nSPS) is 15.6. The number of hydrogen-bond acceptors (Lipinski definition) is 3. The van der Waals surface area contributed by atoms with Crippen LogP contribution in [0.1, 0.15) is 39.4 Å². The van der Waals surface area contributed by atoms with E-state index in [-0.39, 0.29) is 10.8 Å². The van der Waals surface area contributed by atoms with Crippen LogP contribution in [0.3, 0.4) is 0 Å². The highest BCUT2D eigenvalue weighted by Crippen LogP contribution is 2.25. The molecule has 2 aromatic heterocycles. The van der Waals surface area contributed by atoms with Crippen LogP contribution < -0.4 is 4.72 Å². The quantitative estimate of drug-likeness (QED) is 0.825. The van der Waals surface area contributed by atoms with Crippen molar-refractivity contribution >= 4 is 44.5 Å². The first-order valence-electron chi connectivity index (χ1n) is 6.20. The largest absolute Gasteiger partial charge is 0.598 e. The average molecular weight is 379 g/mol. The van der Waals surface area contributed by atoms with Gasteiger partial charge in [-0.1, -0.05) is 11.6 Å². The fraction of sp³-hybridized carbons (Fsp3) is 0.462. The molecule has 4 nitrogen and oxygen atoms in total. The monoisotopic (exact) mass is 377 g/mol. The summed E-state index contributed by atoms with van der Waals surface area (Å²) in [6.45, 7) is 7.75. The Kier molecular flexibility index (Phi) is 4.71. The first-order chi connectivity index (χ1) is 9.18. The minimum atomic E-state index is -1.14. The summed E-state index contributed by atoms with van der Waals surface area (Å²) >= 11 is 8.32. The van der Waals surface area contributed by atoms with E-state index in [2.05, 4.69) is 25.6 Å². The molecule has 7 heteroatoms. The van der Waals surface area contributed by atoms with E-state index in [0.29, 0.717) is 5.02 Å². The van der Waals surface area contributed by atoms with Crippen molar-refractivity contribution in [3.05, 3.63) is 33.6 Å². The lowest BCUT2D eigenvalue weighted by molar-refractivity contribution is 0.529. The van der Waals surface area contributed by atoms with E-state index in [1.807, 2.05) is 38.3 Å². The number of imidazole rings is 1. The standard InChI is InChI=1S/C13H17BrClN3OS/c1-8(17-20(19)13(2,3)4)11-7-18-6-9(15)5-10(14)12(18)16-11/h5-8,17H,1-4H3. The maximum absolute atomic E-state index is 12.1. The van der Waals surface area contributed by atoms with Gasteiger partial charge in [-0.3, -0.25) is 0 Å². The number of pyridine rings is 1. The molecule has 0 saturated heterocycles. The molecule has 20 heavy (non-hydrogen) atoms. The average Bonchev–Trinajstić information content (AvgIpc) is 2.71. The van der Waals surface area contributed by atoms with Gasteiger partial charge in [0.05, 0.1) is 21.2 Å². The van der Waals surface area contributed by atoms with Crippen molar-refractivity contribution in [3.63, 3.8) is 0 Å². The van der Waals surface area contributed by atoms with Gasteiger partial charge < -0.3 is 8.95 Å². The van der Waals surface area contributed by atoms with Crippen LogP contribution in [0.5, 0.6) is 0 Å². The lowest BCUT2D eigenvalue weighted by atomic mass is 10.3. The second-order valence-electron chi connectivity index (χ2n) is 5.62. The topological polar surface area (TPSA) is 52.4 Å². The number of hydrogen-bond donors (Lipinski definition) is 1. The number of halogens is 2. The second kappa shape index (κ2) is 5.85. The Labute approximate surface area is 135 Å². The number of aromatic nitrogens is 2. The van der Waals surface area contributed by atoms with Gasteiger partial charge in [0, 0.05) is 23.8 Å². The minimum absolute atomic E-state index is 0.111. The third-order valence-electron chi connectivity index (χ3n) is 2.78. The second-order valence-corrected chi connectivity index (χ2v) is 8.91. The summed E-state index contributed by atoms with van der Waals surface area (Å²) in [6.07, 6.45) is 3.69. The van der Waals surface area contributed by atoms with Crippen LogP contribution in [0.2, 0.25) is 5.02 Å². The van der Waals surface area contributed by atoms with Crippen LogP contribution in [0, 0.1) is 0 Å². The highest BCUT2D eigenvalue weighted by Gasteiger charge is 2.29. The molecule has 0 aliphatic carbocycles. The van der Waals surface area contributed by atoms with Crippen LogP contribution >= 0.6 is 27.5 Å². The molecule has 0 spiro atoms. The predicted octanol–water partition coefficient (Wildman–Crippen LogP) is 3.86. The van der Waals surface area contributed by atoms with E-state index in [0.717, 1.165) is 15.8 Å². The molecular formula is C13H17BrClN3OS. The molecular weight excluding hydrogens is 362 g/mol. The molecule has 2 heterocycles. The molecule has 0 aromatic carbocycles. The van der Waals surface area contributed by atoms with E-state index >= 15 is 0 Å². The van der Waals surface area contributed by atoms with Gasteiger partial charge in [-0.15, -0.1) is 4.72 Å². The Bertz CT molecular complexity index is 626. The summed E-state index contributed by atoms with van der Waals surface area (Å²) in [5, 5.41) is 0.632. The fourth-order valence-corrected chi connectivity index (χ4v) is 3.33. The first-order valence-corrected chi connectivity index (χ1v) is 8.52. The summed E-state index contributed by atoms with van der Waals surface area (Å²) in [5.74, 6) is 0. The minimum Gasteiger partial charge on any atom is -0.598 e. The van der Waals surface area contributed by atoms with Crippen molar-refractivity contribution in [2.24, 2.45) is 0 Å². The molecule has 2 rings (SSSR count). The summed E-state index contributed by atoms with van der Waals surface area (Å²) in [4.78, 5) is 4.55. The molecule has 110 valence electrons. The zero-order valence-electron chi connectivity index (χ0n) is 11.8. The fourth-order valence-electron chi connectivity index (χ4n) is 1.65. The van der Waals surface area contributed by atoms with Crippen molar-refractivity contribution in [1.82, 2.24) is 14.1 Å². The van der Waals surface area contributed by atoms with Crippen LogP contribution in [0.4, 0.5) is 0 Å². The van der Waals surface area contributed by atoms with E-state index in [1.165, 1.54) is 0 Å². The Morgan fingerprint density at radius 2 is 2.10 bits per heavy atom. The van der Waals surface area contributed by atoms with E-state index in [4.69, 9.17) is 11.6 Å². The molecule has 0 saturated carbocycles.